The van der Waals surface area contributed by atoms with E-state index in [1.807, 2.05) is 0 Å². The summed E-state index contributed by atoms with van der Waals surface area (Å²) < 4.78 is 5.63. The van der Waals surface area contributed by atoms with Crippen LogP contribution in [0.25, 0.3) is 22.6 Å². The second kappa shape index (κ2) is 5.01. The van der Waals surface area contributed by atoms with Crippen LogP contribution >= 0.6 is 46.4 Å². The van der Waals surface area contributed by atoms with Gasteiger partial charge in [0.1, 0.15) is 5.52 Å². The average molecular weight is 348 g/mol. The monoisotopic (exact) mass is 346 g/mol. The summed E-state index contributed by atoms with van der Waals surface area (Å²) in [5.74, 6) is 0.363. The molecule has 0 fully saturated rings. The molecule has 102 valence electrons. The second-order valence-corrected chi connectivity index (χ2v) is 5.68. The number of rotatable bonds is 1. The number of oxazole rings is 1. The van der Waals surface area contributed by atoms with E-state index in [1.54, 1.807) is 24.3 Å². The van der Waals surface area contributed by atoms with E-state index in [2.05, 4.69) is 4.98 Å². The molecule has 0 bridgehead atoms. The number of hydrogen-bond donors (Lipinski definition) is 1. The van der Waals surface area contributed by atoms with E-state index in [9.17, 15) is 0 Å². The minimum absolute atomic E-state index is 0.266. The standard InChI is InChI=1S/C13H6Cl4N2O/c14-6-2-1-5(3-7(6)15)13-19-12-9(20-13)4-8(16)11(18)10(12)17/h1-4H,18H2. The molecule has 0 saturated heterocycles. The first-order valence-corrected chi connectivity index (χ1v) is 6.98. The van der Waals surface area contributed by atoms with E-state index < -0.39 is 0 Å². The number of aromatic nitrogens is 1. The van der Waals surface area contributed by atoms with Crippen molar-refractivity contribution in [3.63, 3.8) is 0 Å². The highest BCUT2D eigenvalue weighted by molar-refractivity contribution is 6.42. The number of nitrogen functional groups attached to an aromatic ring is 1. The molecule has 0 spiro atoms. The number of halogens is 4. The Morgan fingerprint density at radius 2 is 1.70 bits per heavy atom. The van der Waals surface area contributed by atoms with Crippen molar-refractivity contribution < 1.29 is 4.42 Å². The molecule has 1 heterocycles. The number of hydrogen-bond acceptors (Lipinski definition) is 3. The lowest BCUT2D eigenvalue weighted by atomic mass is 10.2. The average Bonchev–Trinajstić information content (AvgIpc) is 2.83. The van der Waals surface area contributed by atoms with Gasteiger partial charge < -0.3 is 10.2 Å². The molecule has 2 N–H and O–H groups in total. The molecule has 3 rings (SSSR count). The summed E-state index contributed by atoms with van der Waals surface area (Å²) >= 11 is 23.9. The van der Waals surface area contributed by atoms with Crippen LogP contribution in [0.2, 0.25) is 20.1 Å². The van der Waals surface area contributed by atoms with Gasteiger partial charge in [0.2, 0.25) is 5.89 Å². The molecule has 0 unspecified atom stereocenters. The Morgan fingerprint density at radius 3 is 2.40 bits per heavy atom. The third-order valence-corrected chi connectivity index (χ3v) is 4.21. The summed E-state index contributed by atoms with van der Waals surface area (Å²) in [7, 11) is 0. The van der Waals surface area contributed by atoms with Crippen LogP contribution in [-0.4, -0.2) is 4.98 Å². The van der Waals surface area contributed by atoms with Crippen LogP contribution in [-0.2, 0) is 0 Å². The highest BCUT2D eigenvalue weighted by Gasteiger charge is 2.16. The highest BCUT2D eigenvalue weighted by Crippen LogP contribution is 2.37. The molecule has 0 saturated carbocycles. The van der Waals surface area contributed by atoms with Crippen LogP contribution in [0.4, 0.5) is 5.69 Å². The molecule has 2 aromatic carbocycles. The molecular formula is C13H6Cl4N2O. The Kier molecular flexibility index (Phi) is 3.46. The summed E-state index contributed by atoms with van der Waals surface area (Å²) in [6, 6.07) is 6.65. The fourth-order valence-electron chi connectivity index (χ4n) is 1.76. The van der Waals surface area contributed by atoms with Gasteiger partial charge in [0, 0.05) is 11.6 Å². The van der Waals surface area contributed by atoms with Gasteiger partial charge in [-0.15, -0.1) is 0 Å². The zero-order valence-corrected chi connectivity index (χ0v) is 12.8. The van der Waals surface area contributed by atoms with E-state index in [4.69, 9.17) is 56.6 Å². The second-order valence-electron chi connectivity index (χ2n) is 4.08. The van der Waals surface area contributed by atoms with Gasteiger partial charge in [-0.2, -0.15) is 0 Å². The van der Waals surface area contributed by atoms with Gasteiger partial charge in [-0.25, -0.2) is 4.98 Å². The van der Waals surface area contributed by atoms with Crippen LogP contribution in [0.1, 0.15) is 0 Å². The maximum Gasteiger partial charge on any atom is 0.227 e. The Bertz CT molecular complexity index is 829. The SMILES string of the molecule is Nc1c(Cl)cc2oc(-c3ccc(Cl)c(Cl)c3)nc2c1Cl. The van der Waals surface area contributed by atoms with Gasteiger partial charge >= 0.3 is 0 Å². The van der Waals surface area contributed by atoms with Gasteiger partial charge in [-0.1, -0.05) is 46.4 Å². The first-order chi connectivity index (χ1) is 9.47. The van der Waals surface area contributed by atoms with Crippen LogP contribution in [0.15, 0.2) is 28.7 Å². The molecule has 0 aliphatic carbocycles. The van der Waals surface area contributed by atoms with Crippen LogP contribution < -0.4 is 5.73 Å². The number of benzene rings is 2. The molecule has 0 aliphatic rings. The lowest BCUT2D eigenvalue weighted by molar-refractivity contribution is 0.620. The first-order valence-electron chi connectivity index (χ1n) is 5.47. The Labute approximate surface area is 134 Å². The smallest absolute Gasteiger partial charge is 0.227 e. The van der Waals surface area contributed by atoms with Crippen molar-refractivity contribution in [1.82, 2.24) is 4.98 Å². The maximum atomic E-state index is 6.11. The van der Waals surface area contributed by atoms with Crippen molar-refractivity contribution in [2.75, 3.05) is 5.73 Å². The normalized spacial score (nSPS) is 11.2. The molecular weight excluding hydrogens is 342 g/mol. The highest BCUT2D eigenvalue weighted by atomic mass is 35.5. The number of anilines is 1. The first kappa shape index (κ1) is 13.8. The maximum absolute atomic E-state index is 6.11. The third-order valence-electron chi connectivity index (χ3n) is 2.78. The zero-order chi connectivity index (χ0) is 14.4. The summed E-state index contributed by atoms with van der Waals surface area (Å²) in [5.41, 5.74) is 7.62. The number of nitrogens with zero attached hydrogens (tertiary/aromatic N) is 1. The molecule has 0 atom stereocenters. The summed E-state index contributed by atoms with van der Waals surface area (Å²) in [6.45, 7) is 0. The lowest BCUT2D eigenvalue weighted by Crippen LogP contribution is -1.88. The van der Waals surface area contributed by atoms with Gasteiger partial charge in [-0.3, -0.25) is 0 Å². The van der Waals surface area contributed by atoms with Crippen LogP contribution in [0, 0.1) is 0 Å². The fourth-order valence-corrected chi connectivity index (χ4v) is 2.54. The van der Waals surface area contributed by atoms with Crippen molar-refractivity contribution in [2.45, 2.75) is 0 Å². The molecule has 1 aromatic heterocycles. The van der Waals surface area contributed by atoms with Crippen molar-refractivity contribution in [3.8, 4) is 11.5 Å². The molecule has 0 amide bonds. The van der Waals surface area contributed by atoms with Gasteiger partial charge in [0.25, 0.3) is 0 Å². The van der Waals surface area contributed by atoms with E-state index in [0.717, 1.165) is 0 Å². The van der Waals surface area contributed by atoms with E-state index in [-0.39, 0.29) is 10.7 Å². The Balaban J connectivity index is 2.23. The van der Waals surface area contributed by atoms with E-state index in [1.165, 1.54) is 0 Å². The Morgan fingerprint density at radius 1 is 0.950 bits per heavy atom. The molecule has 0 aliphatic heterocycles. The summed E-state index contributed by atoms with van der Waals surface area (Å²) in [4.78, 5) is 4.32. The van der Waals surface area contributed by atoms with Crippen LogP contribution in [0.3, 0.4) is 0 Å². The number of nitrogens with two attached hydrogens (primary N) is 1. The lowest BCUT2D eigenvalue weighted by Gasteiger charge is -1.99. The van der Waals surface area contributed by atoms with Crippen molar-refractivity contribution in [3.05, 3.63) is 44.4 Å². The van der Waals surface area contributed by atoms with Gasteiger partial charge in [0.05, 0.1) is 25.8 Å². The molecule has 0 radical (unpaired) electrons. The van der Waals surface area contributed by atoms with Crippen molar-refractivity contribution >= 4 is 63.2 Å². The summed E-state index contributed by atoms with van der Waals surface area (Å²) in [6.07, 6.45) is 0. The zero-order valence-electron chi connectivity index (χ0n) is 9.75. The molecule has 3 nitrogen and oxygen atoms in total. The predicted molar refractivity (Wildman–Crippen MR) is 83.9 cm³/mol. The largest absolute Gasteiger partial charge is 0.436 e. The van der Waals surface area contributed by atoms with E-state index in [0.29, 0.717) is 37.6 Å². The number of fused-ring (bicyclic) bond motifs is 1. The van der Waals surface area contributed by atoms with Crippen LogP contribution in [0.5, 0.6) is 0 Å². The predicted octanol–water partition coefficient (Wildman–Crippen LogP) is 5.69. The summed E-state index contributed by atoms with van der Waals surface area (Å²) in [5, 5.41) is 1.45. The topological polar surface area (TPSA) is 52.0 Å². The minimum Gasteiger partial charge on any atom is -0.436 e. The van der Waals surface area contributed by atoms with E-state index >= 15 is 0 Å². The molecule has 20 heavy (non-hydrogen) atoms. The van der Waals surface area contributed by atoms with Crippen molar-refractivity contribution in [1.29, 1.82) is 0 Å². The fraction of sp³-hybridized carbons (Fsp3) is 0. The molecule has 7 heteroatoms. The van der Waals surface area contributed by atoms with Gasteiger partial charge in [0.15, 0.2) is 5.58 Å². The third kappa shape index (κ3) is 2.21. The van der Waals surface area contributed by atoms with Crippen molar-refractivity contribution in [2.24, 2.45) is 0 Å². The van der Waals surface area contributed by atoms with Gasteiger partial charge in [-0.05, 0) is 18.2 Å². The Hall–Kier alpha value is -1.13. The molecule has 3 aromatic rings. The quantitative estimate of drug-likeness (QED) is 0.575. The minimum atomic E-state index is 0.266.